The van der Waals surface area contributed by atoms with Crippen molar-refractivity contribution < 1.29 is 19.4 Å². The molecule has 0 unspecified atom stereocenters. The van der Waals surface area contributed by atoms with Gasteiger partial charge in [0, 0.05) is 10.6 Å². The van der Waals surface area contributed by atoms with E-state index in [1.165, 1.54) is 19.4 Å². The third-order valence-corrected chi connectivity index (χ3v) is 4.27. The number of hydrazone groups is 1. The number of aromatic hydroxyl groups is 1. The molecule has 148 valence electrons. The fourth-order valence-electron chi connectivity index (χ4n) is 2.47. The molecule has 0 bridgehead atoms. The highest BCUT2D eigenvalue weighted by molar-refractivity contribution is 6.30. The maximum atomic E-state index is 12.2. The summed E-state index contributed by atoms with van der Waals surface area (Å²) in [5.74, 6) is 0.741. The van der Waals surface area contributed by atoms with Crippen molar-refractivity contribution in [3.63, 3.8) is 0 Å². The summed E-state index contributed by atoms with van der Waals surface area (Å²) in [6.45, 7) is 0.378. The molecular weight excluding hydrogens is 392 g/mol. The molecule has 7 heteroatoms. The molecule has 3 aromatic carbocycles. The number of phenols is 1. The Bertz CT molecular complexity index is 1000. The Kier molecular flexibility index (Phi) is 6.71. The lowest BCUT2D eigenvalue weighted by molar-refractivity contribution is 0.0955. The minimum atomic E-state index is -0.343. The molecule has 1 amide bonds. The minimum Gasteiger partial charge on any atom is -0.504 e. The van der Waals surface area contributed by atoms with E-state index in [2.05, 4.69) is 10.5 Å². The lowest BCUT2D eigenvalue weighted by Crippen LogP contribution is -2.17. The number of ether oxygens (including phenoxy) is 2. The molecule has 0 aromatic heterocycles. The van der Waals surface area contributed by atoms with Crippen LogP contribution in [0, 0.1) is 0 Å². The maximum Gasteiger partial charge on any atom is 0.271 e. The number of methoxy groups -OCH3 is 1. The van der Waals surface area contributed by atoms with Crippen LogP contribution in [0.2, 0.25) is 5.02 Å². The van der Waals surface area contributed by atoms with Crippen LogP contribution in [-0.4, -0.2) is 24.3 Å². The van der Waals surface area contributed by atoms with Crippen LogP contribution in [0.15, 0.2) is 71.8 Å². The molecule has 0 spiro atoms. The Hall–Kier alpha value is -3.51. The molecule has 0 saturated carbocycles. The summed E-state index contributed by atoms with van der Waals surface area (Å²) in [7, 11) is 1.47. The van der Waals surface area contributed by atoms with E-state index >= 15 is 0 Å². The molecule has 0 radical (unpaired) electrons. The zero-order chi connectivity index (χ0) is 20.6. The van der Waals surface area contributed by atoms with Crippen LogP contribution in [0.3, 0.4) is 0 Å². The van der Waals surface area contributed by atoms with Gasteiger partial charge in [0.25, 0.3) is 5.91 Å². The summed E-state index contributed by atoms with van der Waals surface area (Å²) in [6.07, 6.45) is 1.44. The van der Waals surface area contributed by atoms with E-state index in [0.29, 0.717) is 28.5 Å². The number of halogens is 1. The SMILES string of the molecule is COc1ccc(/C=N\NC(=O)c2ccc(COc3ccc(Cl)cc3)cc2)cc1O. The van der Waals surface area contributed by atoms with Gasteiger partial charge >= 0.3 is 0 Å². The molecule has 6 nitrogen and oxygen atoms in total. The first-order chi connectivity index (χ1) is 14.0. The van der Waals surface area contributed by atoms with Crippen molar-refractivity contribution in [1.29, 1.82) is 0 Å². The molecule has 0 atom stereocenters. The van der Waals surface area contributed by atoms with Crippen LogP contribution < -0.4 is 14.9 Å². The van der Waals surface area contributed by atoms with Gasteiger partial charge in [-0.05, 0) is 65.7 Å². The predicted octanol–water partition coefficient (Wildman–Crippen LogP) is 4.40. The summed E-state index contributed by atoms with van der Waals surface area (Å²) in [5.41, 5.74) is 4.47. The van der Waals surface area contributed by atoms with E-state index in [-0.39, 0.29) is 11.7 Å². The number of nitrogens with one attached hydrogen (secondary N) is 1. The van der Waals surface area contributed by atoms with Crippen LogP contribution in [-0.2, 0) is 6.61 Å². The van der Waals surface area contributed by atoms with E-state index < -0.39 is 0 Å². The largest absolute Gasteiger partial charge is 0.504 e. The fourth-order valence-corrected chi connectivity index (χ4v) is 2.59. The number of amides is 1. The number of carbonyl (C=O) groups is 1. The highest BCUT2D eigenvalue weighted by atomic mass is 35.5. The molecule has 0 heterocycles. The molecule has 0 saturated heterocycles. The number of hydrogen-bond acceptors (Lipinski definition) is 5. The highest BCUT2D eigenvalue weighted by Gasteiger charge is 2.05. The summed E-state index contributed by atoms with van der Waals surface area (Å²) in [4.78, 5) is 12.2. The number of benzene rings is 3. The predicted molar refractivity (Wildman–Crippen MR) is 112 cm³/mol. The van der Waals surface area contributed by atoms with Crippen molar-refractivity contribution >= 4 is 23.7 Å². The molecule has 2 N–H and O–H groups in total. The zero-order valence-corrected chi connectivity index (χ0v) is 16.4. The lowest BCUT2D eigenvalue weighted by atomic mass is 10.1. The second-order valence-corrected chi connectivity index (χ2v) is 6.51. The average molecular weight is 411 g/mol. The molecule has 0 aliphatic heterocycles. The van der Waals surface area contributed by atoms with E-state index in [4.69, 9.17) is 21.1 Å². The summed E-state index contributed by atoms with van der Waals surface area (Å²) in [6, 6.07) is 19.0. The van der Waals surface area contributed by atoms with Crippen molar-refractivity contribution in [1.82, 2.24) is 5.43 Å². The molecule has 0 fully saturated rings. The number of nitrogens with zero attached hydrogens (tertiary/aromatic N) is 1. The van der Waals surface area contributed by atoms with E-state index in [1.807, 2.05) is 12.1 Å². The first kappa shape index (κ1) is 20.2. The summed E-state index contributed by atoms with van der Waals surface area (Å²) < 4.78 is 10.7. The number of carbonyl (C=O) groups excluding carboxylic acids is 1. The number of phenolic OH excluding ortho intramolecular Hbond substituents is 1. The van der Waals surface area contributed by atoms with Gasteiger partial charge in [0.2, 0.25) is 0 Å². The van der Waals surface area contributed by atoms with Crippen molar-refractivity contribution in [3.05, 3.63) is 88.4 Å². The van der Waals surface area contributed by atoms with Gasteiger partial charge in [0.1, 0.15) is 12.4 Å². The average Bonchev–Trinajstić information content (AvgIpc) is 2.74. The van der Waals surface area contributed by atoms with E-state index in [1.54, 1.807) is 48.5 Å². The third kappa shape index (κ3) is 5.73. The van der Waals surface area contributed by atoms with Gasteiger partial charge in [-0.2, -0.15) is 5.10 Å². The monoisotopic (exact) mass is 410 g/mol. The number of rotatable bonds is 7. The minimum absolute atomic E-state index is 0.000755. The van der Waals surface area contributed by atoms with Crippen LogP contribution >= 0.6 is 11.6 Å². The Labute approximate surface area is 173 Å². The van der Waals surface area contributed by atoms with Crippen LogP contribution in [0.25, 0.3) is 0 Å². The lowest BCUT2D eigenvalue weighted by Gasteiger charge is -2.07. The van der Waals surface area contributed by atoms with Gasteiger partial charge in [-0.15, -0.1) is 0 Å². The van der Waals surface area contributed by atoms with E-state index in [0.717, 1.165) is 11.3 Å². The Morgan fingerprint density at radius 2 is 1.83 bits per heavy atom. The van der Waals surface area contributed by atoms with Crippen molar-refractivity contribution in [3.8, 4) is 17.2 Å². The summed E-state index contributed by atoms with van der Waals surface area (Å²) in [5, 5.41) is 14.3. The van der Waals surface area contributed by atoms with Gasteiger partial charge in [-0.1, -0.05) is 23.7 Å². The molecule has 29 heavy (non-hydrogen) atoms. The molecule has 3 aromatic rings. The van der Waals surface area contributed by atoms with Gasteiger partial charge in [-0.3, -0.25) is 4.79 Å². The second kappa shape index (κ2) is 9.61. The van der Waals surface area contributed by atoms with Gasteiger partial charge in [0.15, 0.2) is 11.5 Å². The Morgan fingerprint density at radius 3 is 2.48 bits per heavy atom. The van der Waals surface area contributed by atoms with Crippen LogP contribution in [0.5, 0.6) is 17.2 Å². The molecule has 3 rings (SSSR count). The zero-order valence-electron chi connectivity index (χ0n) is 15.6. The van der Waals surface area contributed by atoms with Gasteiger partial charge < -0.3 is 14.6 Å². The second-order valence-electron chi connectivity index (χ2n) is 6.07. The first-order valence-electron chi connectivity index (χ1n) is 8.73. The Morgan fingerprint density at radius 1 is 1.10 bits per heavy atom. The summed E-state index contributed by atoms with van der Waals surface area (Å²) >= 11 is 5.85. The molecular formula is C22H19ClN2O4. The normalized spacial score (nSPS) is 10.7. The standard InChI is InChI=1S/C22H19ClN2O4/c1-28-21-11-4-16(12-20(21)26)13-24-25-22(27)17-5-2-15(3-6-17)14-29-19-9-7-18(23)8-10-19/h2-13,26H,14H2,1H3,(H,25,27)/b24-13-. The first-order valence-corrected chi connectivity index (χ1v) is 9.10. The van der Waals surface area contributed by atoms with Crippen LogP contribution in [0.4, 0.5) is 0 Å². The smallest absolute Gasteiger partial charge is 0.271 e. The third-order valence-electron chi connectivity index (χ3n) is 4.02. The van der Waals surface area contributed by atoms with Crippen LogP contribution in [0.1, 0.15) is 21.5 Å². The quantitative estimate of drug-likeness (QED) is 0.447. The van der Waals surface area contributed by atoms with Gasteiger partial charge in [-0.25, -0.2) is 5.43 Å². The highest BCUT2D eigenvalue weighted by Crippen LogP contribution is 2.25. The van der Waals surface area contributed by atoms with E-state index in [9.17, 15) is 9.90 Å². The topological polar surface area (TPSA) is 80.2 Å². The fraction of sp³-hybridized carbons (Fsp3) is 0.0909. The molecule has 0 aliphatic rings. The van der Waals surface area contributed by atoms with Crippen molar-refractivity contribution in [2.45, 2.75) is 6.61 Å². The molecule has 0 aliphatic carbocycles. The Balaban J connectivity index is 1.53. The van der Waals surface area contributed by atoms with Gasteiger partial charge in [0.05, 0.1) is 13.3 Å². The number of hydrogen-bond donors (Lipinski definition) is 2. The van der Waals surface area contributed by atoms with Crippen molar-refractivity contribution in [2.75, 3.05) is 7.11 Å². The van der Waals surface area contributed by atoms with Crippen molar-refractivity contribution in [2.24, 2.45) is 5.10 Å². The maximum absolute atomic E-state index is 12.2.